The van der Waals surface area contributed by atoms with Gasteiger partial charge in [-0.1, -0.05) is 12.1 Å². The molecule has 5 heteroatoms. The van der Waals surface area contributed by atoms with Crippen LogP contribution < -0.4 is 14.2 Å². The Morgan fingerprint density at radius 1 is 1.08 bits per heavy atom. The number of rotatable bonds is 6. The van der Waals surface area contributed by atoms with Crippen LogP contribution >= 0.6 is 15.9 Å². The van der Waals surface area contributed by atoms with Crippen LogP contribution in [0.25, 0.3) is 6.08 Å². The Morgan fingerprint density at radius 2 is 1.80 bits per heavy atom. The van der Waals surface area contributed by atoms with E-state index in [1.54, 1.807) is 19.3 Å². The summed E-state index contributed by atoms with van der Waals surface area (Å²) in [6, 6.07) is 11.0. The molecule has 0 saturated carbocycles. The van der Waals surface area contributed by atoms with Crippen molar-refractivity contribution in [2.75, 3.05) is 7.11 Å². The molecule has 0 aliphatic rings. The predicted octanol–water partition coefficient (Wildman–Crippen LogP) is 5.17. The van der Waals surface area contributed by atoms with E-state index in [4.69, 9.17) is 14.2 Å². The van der Waals surface area contributed by atoms with Crippen molar-refractivity contribution in [1.82, 2.24) is 0 Å². The largest absolute Gasteiger partial charge is 0.493 e. The van der Waals surface area contributed by atoms with Crippen LogP contribution in [0.2, 0.25) is 0 Å². The first-order valence-electron chi connectivity index (χ1n) is 7.90. The maximum atomic E-state index is 12.0. The van der Waals surface area contributed by atoms with Gasteiger partial charge >= 0.3 is 5.97 Å². The first-order valence-corrected chi connectivity index (χ1v) is 8.69. The average Bonchev–Trinajstić information content (AvgIpc) is 2.56. The fourth-order valence-electron chi connectivity index (χ4n) is 2.13. The van der Waals surface area contributed by atoms with Gasteiger partial charge in [-0.3, -0.25) is 0 Å². The van der Waals surface area contributed by atoms with E-state index in [-0.39, 0.29) is 6.10 Å². The lowest BCUT2D eigenvalue weighted by atomic mass is 10.2. The Bertz CT molecular complexity index is 781. The molecular formula is C20H21BrO4. The molecule has 25 heavy (non-hydrogen) atoms. The number of hydrogen-bond donors (Lipinski definition) is 0. The molecule has 0 fully saturated rings. The maximum Gasteiger partial charge on any atom is 0.336 e. The second-order valence-electron chi connectivity index (χ2n) is 5.77. The van der Waals surface area contributed by atoms with E-state index >= 15 is 0 Å². The van der Waals surface area contributed by atoms with Gasteiger partial charge in [0.15, 0.2) is 11.5 Å². The molecule has 0 unspecified atom stereocenters. The zero-order valence-electron chi connectivity index (χ0n) is 14.7. The van der Waals surface area contributed by atoms with Gasteiger partial charge in [-0.15, -0.1) is 0 Å². The molecule has 0 aromatic heterocycles. The van der Waals surface area contributed by atoms with Crippen molar-refractivity contribution in [2.24, 2.45) is 0 Å². The molecule has 0 radical (unpaired) electrons. The van der Waals surface area contributed by atoms with Crippen LogP contribution in [0, 0.1) is 6.92 Å². The smallest absolute Gasteiger partial charge is 0.336 e. The second-order valence-corrected chi connectivity index (χ2v) is 6.62. The van der Waals surface area contributed by atoms with Crippen LogP contribution in [-0.4, -0.2) is 19.2 Å². The highest BCUT2D eigenvalue weighted by Gasteiger charge is 2.08. The summed E-state index contributed by atoms with van der Waals surface area (Å²) in [6.07, 6.45) is 3.11. The van der Waals surface area contributed by atoms with Gasteiger partial charge in [-0.05, 0) is 78.2 Å². The van der Waals surface area contributed by atoms with E-state index in [2.05, 4.69) is 15.9 Å². The summed E-state index contributed by atoms with van der Waals surface area (Å²) < 4.78 is 17.1. The minimum absolute atomic E-state index is 0.0539. The lowest BCUT2D eigenvalue weighted by Crippen LogP contribution is -2.06. The van der Waals surface area contributed by atoms with Crippen LogP contribution in [0.5, 0.6) is 17.2 Å². The topological polar surface area (TPSA) is 44.8 Å². The second kappa shape index (κ2) is 8.72. The van der Waals surface area contributed by atoms with E-state index in [9.17, 15) is 4.79 Å². The molecule has 2 aromatic rings. The number of benzene rings is 2. The van der Waals surface area contributed by atoms with E-state index < -0.39 is 5.97 Å². The molecule has 132 valence electrons. The molecule has 0 aliphatic carbocycles. The van der Waals surface area contributed by atoms with Crippen LogP contribution in [0.1, 0.15) is 25.0 Å². The van der Waals surface area contributed by atoms with E-state index in [1.165, 1.54) is 6.08 Å². The van der Waals surface area contributed by atoms with Crippen molar-refractivity contribution < 1.29 is 19.0 Å². The summed E-state index contributed by atoms with van der Waals surface area (Å²) >= 11 is 3.39. The number of halogens is 1. The summed E-state index contributed by atoms with van der Waals surface area (Å²) in [5, 5.41) is 0. The Hall–Kier alpha value is -2.27. The number of carbonyl (C=O) groups excluding carboxylic acids is 1. The third-order valence-electron chi connectivity index (χ3n) is 3.26. The summed E-state index contributed by atoms with van der Waals surface area (Å²) in [6.45, 7) is 5.87. The molecule has 4 nitrogen and oxygen atoms in total. The number of esters is 1. The molecule has 0 N–H and O–H groups in total. The third kappa shape index (κ3) is 5.64. The Morgan fingerprint density at radius 3 is 2.44 bits per heavy atom. The van der Waals surface area contributed by atoms with Crippen molar-refractivity contribution in [3.63, 3.8) is 0 Å². The third-order valence-corrected chi connectivity index (χ3v) is 3.88. The summed E-state index contributed by atoms with van der Waals surface area (Å²) in [5.74, 6) is 1.32. The fraction of sp³-hybridized carbons (Fsp3) is 0.250. The lowest BCUT2D eigenvalue weighted by Gasteiger charge is -2.13. The summed E-state index contributed by atoms with van der Waals surface area (Å²) in [4.78, 5) is 12.0. The van der Waals surface area contributed by atoms with Crippen LogP contribution in [-0.2, 0) is 4.79 Å². The van der Waals surface area contributed by atoms with Gasteiger partial charge in [-0.2, -0.15) is 0 Å². The van der Waals surface area contributed by atoms with Crippen LogP contribution in [0.3, 0.4) is 0 Å². The molecular weight excluding hydrogens is 384 g/mol. The average molecular weight is 405 g/mol. The summed E-state index contributed by atoms with van der Waals surface area (Å²) in [7, 11) is 1.58. The standard InChI is InChI=1S/C20H21BrO4/c1-13(2)24-18-9-6-15(12-19(18)23-4)7-10-20(22)25-17-8-5-14(3)11-16(17)21/h5-13H,1-4H3/b10-7+. The molecule has 0 heterocycles. The SMILES string of the molecule is COc1cc(/C=C/C(=O)Oc2ccc(C)cc2Br)ccc1OC(C)C. The van der Waals surface area contributed by atoms with Crippen molar-refractivity contribution in [3.05, 3.63) is 58.1 Å². The normalized spacial score (nSPS) is 11.0. The quantitative estimate of drug-likeness (QED) is 0.378. The zero-order chi connectivity index (χ0) is 18.4. The van der Waals surface area contributed by atoms with Gasteiger partial charge in [0.25, 0.3) is 0 Å². The molecule has 0 saturated heterocycles. The van der Waals surface area contributed by atoms with E-state index in [0.29, 0.717) is 17.2 Å². The lowest BCUT2D eigenvalue weighted by molar-refractivity contribution is -0.128. The first-order chi connectivity index (χ1) is 11.9. The fourth-order valence-corrected chi connectivity index (χ4v) is 2.71. The number of methoxy groups -OCH3 is 1. The van der Waals surface area contributed by atoms with E-state index in [0.717, 1.165) is 15.6 Å². The minimum Gasteiger partial charge on any atom is -0.493 e. The van der Waals surface area contributed by atoms with Gasteiger partial charge in [0.05, 0.1) is 17.7 Å². The number of ether oxygens (including phenoxy) is 3. The number of carbonyl (C=O) groups is 1. The van der Waals surface area contributed by atoms with Gasteiger partial charge in [-0.25, -0.2) is 4.79 Å². The van der Waals surface area contributed by atoms with Crippen molar-refractivity contribution in [1.29, 1.82) is 0 Å². The zero-order valence-corrected chi connectivity index (χ0v) is 16.3. The van der Waals surface area contributed by atoms with Crippen molar-refractivity contribution in [2.45, 2.75) is 26.9 Å². The summed E-state index contributed by atoms with van der Waals surface area (Å²) in [5.41, 5.74) is 1.89. The highest BCUT2D eigenvalue weighted by Crippen LogP contribution is 2.29. The predicted molar refractivity (Wildman–Crippen MR) is 102 cm³/mol. The van der Waals surface area contributed by atoms with Gasteiger partial charge < -0.3 is 14.2 Å². The monoisotopic (exact) mass is 404 g/mol. The van der Waals surface area contributed by atoms with E-state index in [1.807, 2.05) is 51.1 Å². The first kappa shape index (κ1) is 19.1. The molecule has 2 rings (SSSR count). The minimum atomic E-state index is -0.453. The Balaban J connectivity index is 2.08. The van der Waals surface area contributed by atoms with Gasteiger partial charge in [0, 0.05) is 6.08 Å². The molecule has 0 spiro atoms. The molecule has 0 amide bonds. The highest BCUT2D eigenvalue weighted by atomic mass is 79.9. The van der Waals surface area contributed by atoms with Crippen molar-refractivity contribution in [3.8, 4) is 17.2 Å². The highest BCUT2D eigenvalue weighted by molar-refractivity contribution is 9.10. The van der Waals surface area contributed by atoms with Crippen molar-refractivity contribution >= 4 is 28.0 Å². The molecule has 0 aliphatic heterocycles. The molecule has 0 bridgehead atoms. The van der Waals surface area contributed by atoms with Gasteiger partial charge in [0.1, 0.15) is 5.75 Å². The van der Waals surface area contributed by atoms with Crippen LogP contribution in [0.4, 0.5) is 0 Å². The van der Waals surface area contributed by atoms with Crippen LogP contribution in [0.15, 0.2) is 46.9 Å². The number of aryl methyl sites for hydroxylation is 1. The number of hydrogen-bond acceptors (Lipinski definition) is 4. The van der Waals surface area contributed by atoms with Gasteiger partial charge in [0.2, 0.25) is 0 Å². The molecule has 0 atom stereocenters. The Kier molecular flexibility index (Phi) is 6.65. The molecule has 2 aromatic carbocycles. The maximum absolute atomic E-state index is 12.0. The Labute approximate surface area is 156 Å².